The van der Waals surface area contributed by atoms with Crippen molar-refractivity contribution in [3.05, 3.63) is 59.2 Å². The highest BCUT2D eigenvalue weighted by Crippen LogP contribution is 2.36. The van der Waals surface area contributed by atoms with E-state index in [1.807, 2.05) is 24.3 Å². The van der Waals surface area contributed by atoms with Gasteiger partial charge in [-0.1, -0.05) is 18.2 Å². The average Bonchev–Trinajstić information content (AvgIpc) is 2.69. The highest BCUT2D eigenvalue weighted by Gasteiger charge is 2.22. The predicted octanol–water partition coefficient (Wildman–Crippen LogP) is 3.90. The zero-order valence-corrected chi connectivity index (χ0v) is 11.8. The molecule has 2 N–H and O–H groups in total. The third-order valence-corrected chi connectivity index (χ3v) is 3.94. The van der Waals surface area contributed by atoms with E-state index in [4.69, 9.17) is 5.73 Å². The molecule has 0 atom stereocenters. The average molecular weight is 288 g/mol. The monoisotopic (exact) mass is 288 g/mol. The van der Waals surface area contributed by atoms with Crippen LogP contribution in [-0.2, 0) is 13.0 Å². The van der Waals surface area contributed by atoms with E-state index in [1.165, 1.54) is 12.1 Å². The van der Waals surface area contributed by atoms with Crippen LogP contribution in [0.1, 0.15) is 24.0 Å². The molecule has 1 aliphatic heterocycles. The number of nitrogens with zero attached hydrogens (tertiary/aromatic N) is 1. The summed E-state index contributed by atoms with van der Waals surface area (Å²) in [6.45, 7) is 0.748. The molecule has 0 saturated heterocycles. The quantitative estimate of drug-likeness (QED) is 0.908. The molecule has 0 fully saturated rings. The Kier molecular flexibility index (Phi) is 3.88. The minimum Gasteiger partial charge on any atom is -0.336 e. The topological polar surface area (TPSA) is 29.3 Å². The third kappa shape index (κ3) is 2.63. The first kappa shape index (κ1) is 14.0. The van der Waals surface area contributed by atoms with Crippen molar-refractivity contribution in [3.8, 4) is 0 Å². The van der Waals surface area contributed by atoms with Gasteiger partial charge in [0.25, 0.3) is 0 Å². The van der Waals surface area contributed by atoms with Gasteiger partial charge in [-0.2, -0.15) is 0 Å². The molecule has 21 heavy (non-hydrogen) atoms. The van der Waals surface area contributed by atoms with Crippen LogP contribution in [0.2, 0.25) is 0 Å². The minimum absolute atomic E-state index is 0.0292. The predicted molar refractivity (Wildman–Crippen MR) is 80.6 cm³/mol. The fourth-order valence-corrected chi connectivity index (χ4v) is 2.92. The molecule has 0 bridgehead atoms. The SMILES string of the molecule is NCc1cc(F)c(N2CCCCc3ccccc32)c(F)c1. The van der Waals surface area contributed by atoms with E-state index >= 15 is 0 Å². The lowest BCUT2D eigenvalue weighted by Crippen LogP contribution is -2.21. The molecule has 110 valence electrons. The van der Waals surface area contributed by atoms with E-state index in [0.29, 0.717) is 12.1 Å². The van der Waals surface area contributed by atoms with E-state index in [2.05, 4.69) is 0 Å². The van der Waals surface area contributed by atoms with E-state index in [0.717, 1.165) is 30.5 Å². The Morgan fingerprint density at radius 2 is 1.76 bits per heavy atom. The van der Waals surface area contributed by atoms with Crippen LogP contribution in [0.3, 0.4) is 0 Å². The smallest absolute Gasteiger partial charge is 0.150 e. The molecule has 1 heterocycles. The summed E-state index contributed by atoms with van der Waals surface area (Å²) in [5, 5.41) is 0. The van der Waals surface area contributed by atoms with Gasteiger partial charge in [-0.3, -0.25) is 0 Å². The van der Waals surface area contributed by atoms with Crippen molar-refractivity contribution in [2.24, 2.45) is 5.73 Å². The maximum Gasteiger partial charge on any atom is 0.150 e. The second-order valence-corrected chi connectivity index (χ2v) is 5.35. The standard InChI is InChI=1S/C17H18F2N2/c18-14-9-12(11-20)10-15(19)17(14)21-8-4-3-6-13-5-1-2-7-16(13)21/h1-2,5,7,9-10H,3-4,6,8,11,20H2. The van der Waals surface area contributed by atoms with Crippen molar-refractivity contribution in [3.63, 3.8) is 0 Å². The maximum absolute atomic E-state index is 14.4. The zero-order valence-electron chi connectivity index (χ0n) is 11.8. The van der Waals surface area contributed by atoms with Crippen molar-refractivity contribution in [1.29, 1.82) is 0 Å². The van der Waals surface area contributed by atoms with Gasteiger partial charge < -0.3 is 10.6 Å². The first-order valence-electron chi connectivity index (χ1n) is 7.24. The molecular formula is C17H18F2N2. The minimum atomic E-state index is -0.549. The molecule has 4 heteroatoms. The summed E-state index contributed by atoms with van der Waals surface area (Å²) < 4.78 is 28.7. The largest absolute Gasteiger partial charge is 0.336 e. The molecule has 0 amide bonds. The summed E-state index contributed by atoms with van der Waals surface area (Å²) in [7, 11) is 0. The van der Waals surface area contributed by atoms with Gasteiger partial charge >= 0.3 is 0 Å². The Morgan fingerprint density at radius 1 is 1.05 bits per heavy atom. The molecule has 2 nitrogen and oxygen atoms in total. The lowest BCUT2D eigenvalue weighted by Gasteiger charge is -2.26. The van der Waals surface area contributed by atoms with Crippen LogP contribution in [0, 0.1) is 11.6 Å². The van der Waals surface area contributed by atoms with Gasteiger partial charge in [0.15, 0.2) is 0 Å². The molecular weight excluding hydrogens is 270 g/mol. The summed E-state index contributed by atoms with van der Waals surface area (Å²) in [5.74, 6) is -1.10. The van der Waals surface area contributed by atoms with E-state index < -0.39 is 11.6 Å². The number of fused-ring (bicyclic) bond motifs is 1. The first-order valence-corrected chi connectivity index (χ1v) is 7.24. The molecule has 2 aromatic rings. The van der Waals surface area contributed by atoms with Crippen LogP contribution in [0.25, 0.3) is 0 Å². The van der Waals surface area contributed by atoms with Crippen LogP contribution in [-0.4, -0.2) is 6.54 Å². The highest BCUT2D eigenvalue weighted by molar-refractivity contribution is 5.68. The second kappa shape index (κ2) is 5.82. The Balaban J connectivity index is 2.12. The summed E-state index contributed by atoms with van der Waals surface area (Å²) >= 11 is 0. The highest BCUT2D eigenvalue weighted by atomic mass is 19.1. The van der Waals surface area contributed by atoms with Crippen molar-refractivity contribution in [2.75, 3.05) is 11.4 Å². The Morgan fingerprint density at radius 3 is 2.48 bits per heavy atom. The number of halogens is 2. The number of para-hydroxylation sites is 1. The molecule has 1 aliphatic rings. The number of hydrogen-bond acceptors (Lipinski definition) is 2. The van der Waals surface area contributed by atoms with Gasteiger partial charge in [-0.25, -0.2) is 8.78 Å². The molecule has 0 saturated carbocycles. The van der Waals surface area contributed by atoms with Crippen LogP contribution >= 0.6 is 0 Å². The van der Waals surface area contributed by atoms with Gasteiger partial charge in [0, 0.05) is 18.8 Å². The van der Waals surface area contributed by atoms with Gasteiger partial charge in [-0.05, 0) is 48.6 Å². The number of aryl methyl sites for hydroxylation is 1. The van der Waals surface area contributed by atoms with Gasteiger partial charge in [-0.15, -0.1) is 0 Å². The van der Waals surface area contributed by atoms with Crippen LogP contribution < -0.4 is 10.6 Å². The Hall–Kier alpha value is -1.94. The summed E-state index contributed by atoms with van der Waals surface area (Å²) in [5.41, 5.74) is 8.00. The van der Waals surface area contributed by atoms with Crippen molar-refractivity contribution < 1.29 is 8.78 Å². The molecule has 0 unspecified atom stereocenters. The number of anilines is 2. The maximum atomic E-state index is 14.4. The van der Waals surface area contributed by atoms with Crippen molar-refractivity contribution >= 4 is 11.4 Å². The summed E-state index contributed by atoms with van der Waals surface area (Å²) in [4.78, 5) is 1.76. The third-order valence-electron chi connectivity index (χ3n) is 3.94. The van der Waals surface area contributed by atoms with Crippen molar-refractivity contribution in [2.45, 2.75) is 25.8 Å². The Bertz CT molecular complexity index is 632. The van der Waals surface area contributed by atoms with Gasteiger partial charge in [0.05, 0.1) is 0 Å². The normalized spacial score (nSPS) is 14.7. The molecule has 2 aromatic carbocycles. The lowest BCUT2D eigenvalue weighted by atomic mass is 10.1. The summed E-state index contributed by atoms with van der Waals surface area (Å²) in [6, 6.07) is 10.5. The molecule has 0 aromatic heterocycles. The lowest BCUT2D eigenvalue weighted by molar-refractivity contribution is 0.575. The Labute approximate surface area is 123 Å². The summed E-state index contributed by atoms with van der Waals surface area (Å²) in [6.07, 6.45) is 2.88. The van der Waals surface area contributed by atoms with E-state index in [-0.39, 0.29) is 12.2 Å². The fraction of sp³-hybridized carbons (Fsp3) is 0.294. The van der Waals surface area contributed by atoms with Crippen LogP contribution in [0.5, 0.6) is 0 Å². The molecule has 3 rings (SSSR count). The number of hydrogen-bond donors (Lipinski definition) is 1. The van der Waals surface area contributed by atoms with Crippen LogP contribution in [0.4, 0.5) is 20.2 Å². The van der Waals surface area contributed by atoms with Gasteiger partial charge in [0.2, 0.25) is 0 Å². The van der Waals surface area contributed by atoms with Crippen LogP contribution in [0.15, 0.2) is 36.4 Å². The number of rotatable bonds is 2. The zero-order chi connectivity index (χ0) is 14.8. The van der Waals surface area contributed by atoms with E-state index in [9.17, 15) is 8.78 Å². The second-order valence-electron chi connectivity index (χ2n) is 5.35. The molecule has 0 spiro atoms. The molecule has 0 aliphatic carbocycles. The van der Waals surface area contributed by atoms with Gasteiger partial charge in [0.1, 0.15) is 17.3 Å². The number of nitrogens with two attached hydrogens (primary N) is 1. The molecule has 0 radical (unpaired) electrons. The fourth-order valence-electron chi connectivity index (χ4n) is 2.92. The number of benzene rings is 2. The first-order chi connectivity index (χ1) is 10.2. The van der Waals surface area contributed by atoms with E-state index in [1.54, 1.807) is 4.90 Å². The van der Waals surface area contributed by atoms with Crippen molar-refractivity contribution in [1.82, 2.24) is 0 Å².